The fourth-order valence-corrected chi connectivity index (χ4v) is 3.76. The topological polar surface area (TPSA) is 92.4 Å². The van der Waals surface area contributed by atoms with Gasteiger partial charge in [-0.25, -0.2) is 4.39 Å². The van der Waals surface area contributed by atoms with Gasteiger partial charge in [-0.2, -0.15) is 0 Å². The van der Waals surface area contributed by atoms with Crippen LogP contribution in [0.25, 0.3) is 0 Å². The van der Waals surface area contributed by atoms with Crippen molar-refractivity contribution in [1.82, 2.24) is 5.32 Å². The van der Waals surface area contributed by atoms with Gasteiger partial charge in [-0.1, -0.05) is 0 Å². The molecule has 1 amide bonds. The molecule has 6 heteroatoms. The zero-order valence-corrected chi connectivity index (χ0v) is 11.4. The standard InChI is InChI=1S/C15H17FN2O3/c16-10-6-9(3-4-11(10)17)14(19)18-13-8-2-1-7(5-8)12(13)15(20)21/h3-4,6-8,12-13H,1-2,5,17H2,(H,18,19)(H,20,21). The van der Waals surface area contributed by atoms with Gasteiger partial charge < -0.3 is 16.2 Å². The molecule has 2 aliphatic rings. The van der Waals surface area contributed by atoms with Crippen molar-refractivity contribution in [3.63, 3.8) is 0 Å². The summed E-state index contributed by atoms with van der Waals surface area (Å²) in [5.41, 5.74) is 5.52. The summed E-state index contributed by atoms with van der Waals surface area (Å²) >= 11 is 0. The number of benzene rings is 1. The molecule has 4 unspecified atom stereocenters. The van der Waals surface area contributed by atoms with E-state index in [0.29, 0.717) is 0 Å². The van der Waals surface area contributed by atoms with Crippen LogP contribution in [-0.2, 0) is 4.79 Å². The predicted molar refractivity (Wildman–Crippen MR) is 74.0 cm³/mol. The van der Waals surface area contributed by atoms with Crippen molar-refractivity contribution >= 4 is 17.6 Å². The number of halogens is 1. The Morgan fingerprint density at radius 3 is 2.67 bits per heavy atom. The summed E-state index contributed by atoms with van der Waals surface area (Å²) in [4.78, 5) is 23.6. The molecule has 0 heterocycles. The summed E-state index contributed by atoms with van der Waals surface area (Å²) in [6.07, 6.45) is 2.69. The number of carbonyl (C=O) groups is 2. The van der Waals surface area contributed by atoms with E-state index >= 15 is 0 Å². The minimum absolute atomic E-state index is 0.0186. The number of fused-ring (bicyclic) bond motifs is 2. The molecule has 4 N–H and O–H groups in total. The highest BCUT2D eigenvalue weighted by molar-refractivity contribution is 5.95. The lowest BCUT2D eigenvalue weighted by atomic mass is 9.84. The van der Waals surface area contributed by atoms with E-state index in [1.165, 1.54) is 12.1 Å². The molecule has 4 atom stereocenters. The number of carboxylic acids is 1. The van der Waals surface area contributed by atoms with E-state index < -0.39 is 23.6 Å². The Kier molecular flexibility index (Phi) is 3.31. The van der Waals surface area contributed by atoms with Crippen molar-refractivity contribution in [3.05, 3.63) is 29.6 Å². The summed E-state index contributed by atoms with van der Waals surface area (Å²) in [6.45, 7) is 0. The molecule has 2 fully saturated rings. The number of hydrogen-bond donors (Lipinski definition) is 3. The number of aliphatic carboxylic acids is 1. The highest BCUT2D eigenvalue weighted by Gasteiger charge is 2.51. The van der Waals surface area contributed by atoms with Gasteiger partial charge in [0.1, 0.15) is 5.82 Å². The van der Waals surface area contributed by atoms with Crippen molar-refractivity contribution in [2.45, 2.75) is 25.3 Å². The Balaban J connectivity index is 1.77. The summed E-state index contributed by atoms with van der Waals surface area (Å²) in [5, 5.41) is 12.1. The average Bonchev–Trinajstić information content (AvgIpc) is 3.02. The Morgan fingerprint density at radius 2 is 2.00 bits per heavy atom. The van der Waals surface area contributed by atoms with Crippen LogP contribution in [0.15, 0.2) is 18.2 Å². The lowest BCUT2D eigenvalue weighted by Crippen LogP contribution is -2.46. The fraction of sp³-hybridized carbons (Fsp3) is 0.467. The zero-order valence-electron chi connectivity index (χ0n) is 11.4. The van der Waals surface area contributed by atoms with Gasteiger partial charge in [0.05, 0.1) is 11.6 Å². The highest BCUT2D eigenvalue weighted by Crippen LogP contribution is 2.48. The molecule has 0 saturated heterocycles. The lowest BCUT2D eigenvalue weighted by molar-refractivity contribution is -0.144. The molecule has 0 radical (unpaired) electrons. The Morgan fingerprint density at radius 1 is 1.29 bits per heavy atom. The molecule has 1 aromatic rings. The van der Waals surface area contributed by atoms with E-state index in [4.69, 9.17) is 5.73 Å². The van der Waals surface area contributed by atoms with Crippen LogP contribution in [-0.4, -0.2) is 23.0 Å². The van der Waals surface area contributed by atoms with Crippen LogP contribution in [0.4, 0.5) is 10.1 Å². The van der Waals surface area contributed by atoms with Gasteiger partial charge in [0, 0.05) is 11.6 Å². The van der Waals surface area contributed by atoms with Crippen LogP contribution in [0, 0.1) is 23.6 Å². The largest absolute Gasteiger partial charge is 0.481 e. The number of rotatable bonds is 3. The second-order valence-corrected chi connectivity index (χ2v) is 5.93. The predicted octanol–water partition coefficient (Wildman–Crippen LogP) is 1.64. The molecular formula is C15H17FN2O3. The zero-order chi connectivity index (χ0) is 15.1. The SMILES string of the molecule is Nc1ccc(C(=O)NC2C3CCC(C3)C2C(=O)O)cc1F. The third-order valence-electron chi connectivity index (χ3n) is 4.76. The van der Waals surface area contributed by atoms with E-state index in [2.05, 4.69) is 5.32 Å². The van der Waals surface area contributed by atoms with Gasteiger partial charge in [0.25, 0.3) is 5.91 Å². The highest BCUT2D eigenvalue weighted by atomic mass is 19.1. The van der Waals surface area contributed by atoms with Crippen LogP contribution < -0.4 is 11.1 Å². The Bertz CT molecular complexity index is 605. The summed E-state index contributed by atoms with van der Waals surface area (Å²) < 4.78 is 13.4. The maximum atomic E-state index is 13.4. The number of nitrogen functional groups attached to an aromatic ring is 1. The number of carboxylic acid groups (broad SMARTS) is 1. The molecule has 1 aromatic carbocycles. The molecule has 3 rings (SSSR count). The van der Waals surface area contributed by atoms with Crippen molar-refractivity contribution in [2.75, 3.05) is 5.73 Å². The minimum atomic E-state index is -0.865. The van der Waals surface area contributed by atoms with Crippen LogP contribution >= 0.6 is 0 Å². The fourth-order valence-electron chi connectivity index (χ4n) is 3.76. The number of nitrogens with one attached hydrogen (secondary N) is 1. The molecule has 112 valence electrons. The van der Waals surface area contributed by atoms with Crippen LogP contribution in [0.5, 0.6) is 0 Å². The van der Waals surface area contributed by atoms with Gasteiger partial charge in [-0.05, 0) is 49.3 Å². The maximum absolute atomic E-state index is 13.4. The van der Waals surface area contributed by atoms with Crippen LogP contribution in [0.3, 0.4) is 0 Å². The van der Waals surface area contributed by atoms with Crippen molar-refractivity contribution < 1.29 is 19.1 Å². The van der Waals surface area contributed by atoms with Gasteiger partial charge in [-0.15, -0.1) is 0 Å². The normalized spacial score (nSPS) is 30.3. The molecule has 2 aliphatic carbocycles. The van der Waals surface area contributed by atoms with Gasteiger partial charge >= 0.3 is 5.97 Å². The number of hydrogen-bond acceptors (Lipinski definition) is 3. The molecular weight excluding hydrogens is 275 g/mol. The molecule has 0 aromatic heterocycles. The van der Waals surface area contributed by atoms with E-state index in [1.807, 2.05) is 0 Å². The Labute approximate surface area is 121 Å². The molecule has 2 bridgehead atoms. The third kappa shape index (κ3) is 2.34. The molecule has 5 nitrogen and oxygen atoms in total. The molecule has 21 heavy (non-hydrogen) atoms. The number of anilines is 1. The summed E-state index contributed by atoms with van der Waals surface area (Å²) in [6, 6.07) is 3.48. The van der Waals surface area contributed by atoms with E-state index in [-0.39, 0.29) is 29.1 Å². The van der Waals surface area contributed by atoms with Gasteiger partial charge in [0.15, 0.2) is 0 Å². The first-order valence-corrected chi connectivity index (χ1v) is 7.06. The monoisotopic (exact) mass is 292 g/mol. The average molecular weight is 292 g/mol. The first kappa shape index (κ1) is 13.9. The summed E-state index contributed by atoms with van der Waals surface area (Å²) in [5.74, 6) is -2.15. The Hall–Kier alpha value is -2.11. The van der Waals surface area contributed by atoms with Crippen LogP contribution in [0.2, 0.25) is 0 Å². The number of nitrogens with two attached hydrogens (primary N) is 1. The van der Waals surface area contributed by atoms with Crippen molar-refractivity contribution in [3.8, 4) is 0 Å². The number of amides is 1. The molecule has 0 aliphatic heterocycles. The smallest absolute Gasteiger partial charge is 0.308 e. The first-order valence-electron chi connectivity index (χ1n) is 7.06. The quantitative estimate of drug-likeness (QED) is 0.738. The van der Waals surface area contributed by atoms with Crippen molar-refractivity contribution in [1.29, 1.82) is 0 Å². The lowest BCUT2D eigenvalue weighted by Gasteiger charge is -2.28. The van der Waals surface area contributed by atoms with E-state index in [0.717, 1.165) is 25.3 Å². The molecule has 2 saturated carbocycles. The van der Waals surface area contributed by atoms with Crippen LogP contribution in [0.1, 0.15) is 29.6 Å². The van der Waals surface area contributed by atoms with E-state index in [9.17, 15) is 19.1 Å². The van der Waals surface area contributed by atoms with Gasteiger partial charge in [-0.3, -0.25) is 9.59 Å². The summed E-state index contributed by atoms with van der Waals surface area (Å²) in [7, 11) is 0. The van der Waals surface area contributed by atoms with E-state index in [1.54, 1.807) is 0 Å². The van der Waals surface area contributed by atoms with Gasteiger partial charge in [0.2, 0.25) is 0 Å². The number of carbonyl (C=O) groups excluding carboxylic acids is 1. The molecule has 0 spiro atoms. The minimum Gasteiger partial charge on any atom is -0.481 e. The van der Waals surface area contributed by atoms with Crippen molar-refractivity contribution in [2.24, 2.45) is 17.8 Å². The second-order valence-electron chi connectivity index (χ2n) is 5.93. The first-order chi connectivity index (χ1) is 9.97. The third-order valence-corrected chi connectivity index (χ3v) is 4.76. The second kappa shape index (κ2) is 5.02. The maximum Gasteiger partial charge on any atom is 0.308 e.